The molecule has 1 atom stereocenters. The molecule has 1 N–H and O–H groups in total. The molecule has 1 aliphatic rings. The summed E-state index contributed by atoms with van der Waals surface area (Å²) in [5.74, 6) is -0.281. The van der Waals surface area contributed by atoms with Gasteiger partial charge in [0, 0.05) is 33.7 Å². The molecule has 18 heavy (non-hydrogen) atoms. The first-order valence-corrected chi connectivity index (χ1v) is 6.26. The highest BCUT2D eigenvalue weighted by molar-refractivity contribution is 5.83. The molecule has 6 nitrogen and oxygen atoms in total. The Labute approximate surface area is 108 Å². The number of carbonyl (C=O) groups excluding carboxylic acids is 2. The zero-order valence-electron chi connectivity index (χ0n) is 11.1. The fourth-order valence-corrected chi connectivity index (χ4v) is 1.81. The quantitative estimate of drug-likeness (QED) is 0.685. The van der Waals surface area contributed by atoms with Crippen LogP contribution in [0.3, 0.4) is 0 Å². The molecule has 1 aliphatic heterocycles. The van der Waals surface area contributed by atoms with Crippen molar-refractivity contribution < 1.29 is 19.1 Å². The molecule has 1 rings (SSSR count). The minimum absolute atomic E-state index is 0.0748. The SMILES string of the molecule is COCCN(CC(=O)NCC1CCCO1)C(C)=O. The zero-order chi connectivity index (χ0) is 13.4. The van der Waals surface area contributed by atoms with E-state index in [0.29, 0.717) is 19.7 Å². The summed E-state index contributed by atoms with van der Waals surface area (Å²) < 4.78 is 10.3. The standard InChI is InChI=1S/C12H22N2O4/c1-10(15)14(5-7-17-2)9-12(16)13-8-11-4-3-6-18-11/h11H,3-9H2,1-2H3,(H,13,16). The van der Waals surface area contributed by atoms with Crippen LogP contribution < -0.4 is 5.32 Å². The molecule has 0 aromatic rings. The lowest BCUT2D eigenvalue weighted by atomic mass is 10.2. The van der Waals surface area contributed by atoms with Gasteiger partial charge < -0.3 is 19.7 Å². The molecular formula is C12H22N2O4. The Kier molecular flexibility index (Phi) is 6.67. The third-order valence-electron chi connectivity index (χ3n) is 2.90. The third kappa shape index (κ3) is 5.46. The van der Waals surface area contributed by atoms with E-state index in [1.165, 1.54) is 11.8 Å². The van der Waals surface area contributed by atoms with Crippen LogP contribution in [0.25, 0.3) is 0 Å². The van der Waals surface area contributed by atoms with Gasteiger partial charge in [-0.3, -0.25) is 9.59 Å². The minimum Gasteiger partial charge on any atom is -0.383 e. The predicted octanol–water partition coefficient (Wildman–Crippen LogP) is -0.223. The highest BCUT2D eigenvalue weighted by atomic mass is 16.5. The van der Waals surface area contributed by atoms with Crippen LogP contribution in [0.15, 0.2) is 0 Å². The predicted molar refractivity (Wildman–Crippen MR) is 66.1 cm³/mol. The fraction of sp³-hybridized carbons (Fsp3) is 0.833. The fourth-order valence-electron chi connectivity index (χ4n) is 1.81. The van der Waals surface area contributed by atoms with E-state index >= 15 is 0 Å². The molecule has 0 bridgehead atoms. The second-order valence-corrected chi connectivity index (χ2v) is 4.37. The summed E-state index contributed by atoms with van der Waals surface area (Å²) in [5, 5.41) is 2.79. The normalized spacial score (nSPS) is 18.7. The maximum absolute atomic E-state index is 11.7. The second-order valence-electron chi connectivity index (χ2n) is 4.37. The van der Waals surface area contributed by atoms with E-state index < -0.39 is 0 Å². The van der Waals surface area contributed by atoms with Crippen LogP contribution in [0.4, 0.5) is 0 Å². The molecule has 0 aliphatic carbocycles. The first-order chi connectivity index (χ1) is 8.63. The summed E-state index contributed by atoms with van der Waals surface area (Å²) in [7, 11) is 1.57. The van der Waals surface area contributed by atoms with E-state index in [1.807, 2.05) is 0 Å². The average Bonchev–Trinajstić information content (AvgIpc) is 2.84. The number of ether oxygens (including phenoxy) is 2. The van der Waals surface area contributed by atoms with Gasteiger partial charge in [0.25, 0.3) is 0 Å². The molecule has 6 heteroatoms. The number of hydrogen-bond acceptors (Lipinski definition) is 4. The zero-order valence-corrected chi connectivity index (χ0v) is 11.1. The van der Waals surface area contributed by atoms with Crippen molar-refractivity contribution in [3.05, 3.63) is 0 Å². The van der Waals surface area contributed by atoms with Crippen LogP contribution in [0.2, 0.25) is 0 Å². The van der Waals surface area contributed by atoms with Crippen molar-refractivity contribution in [1.82, 2.24) is 10.2 Å². The van der Waals surface area contributed by atoms with Gasteiger partial charge in [0.15, 0.2) is 0 Å². The second kappa shape index (κ2) is 8.05. The van der Waals surface area contributed by atoms with Gasteiger partial charge in [0.2, 0.25) is 11.8 Å². The number of carbonyl (C=O) groups is 2. The molecular weight excluding hydrogens is 236 g/mol. The maximum atomic E-state index is 11.7. The van der Waals surface area contributed by atoms with E-state index in [-0.39, 0.29) is 24.5 Å². The highest BCUT2D eigenvalue weighted by Gasteiger charge is 2.18. The van der Waals surface area contributed by atoms with Crippen molar-refractivity contribution in [3.63, 3.8) is 0 Å². The van der Waals surface area contributed by atoms with Crippen molar-refractivity contribution in [2.24, 2.45) is 0 Å². The average molecular weight is 258 g/mol. The smallest absolute Gasteiger partial charge is 0.239 e. The Bertz CT molecular complexity index is 277. The summed E-state index contributed by atoms with van der Waals surface area (Å²) >= 11 is 0. The number of nitrogens with one attached hydrogen (secondary N) is 1. The molecule has 1 heterocycles. The molecule has 104 valence electrons. The Morgan fingerprint density at radius 1 is 1.50 bits per heavy atom. The van der Waals surface area contributed by atoms with Crippen molar-refractivity contribution >= 4 is 11.8 Å². The van der Waals surface area contributed by atoms with Gasteiger partial charge in [-0.1, -0.05) is 0 Å². The molecule has 0 spiro atoms. The van der Waals surface area contributed by atoms with Gasteiger partial charge in [-0.15, -0.1) is 0 Å². The van der Waals surface area contributed by atoms with E-state index in [4.69, 9.17) is 9.47 Å². The lowest BCUT2D eigenvalue weighted by Crippen LogP contribution is -2.43. The van der Waals surface area contributed by atoms with Crippen molar-refractivity contribution in [2.75, 3.05) is 40.0 Å². The Hall–Kier alpha value is -1.14. The minimum atomic E-state index is -0.156. The molecule has 0 saturated carbocycles. The molecule has 0 radical (unpaired) electrons. The molecule has 1 unspecified atom stereocenters. The molecule has 0 aromatic carbocycles. The first kappa shape index (κ1) is 14.9. The maximum Gasteiger partial charge on any atom is 0.239 e. The van der Waals surface area contributed by atoms with E-state index in [2.05, 4.69) is 5.32 Å². The molecule has 2 amide bonds. The monoisotopic (exact) mass is 258 g/mol. The van der Waals surface area contributed by atoms with Crippen LogP contribution in [0.1, 0.15) is 19.8 Å². The summed E-state index contributed by atoms with van der Waals surface area (Å²) in [6.07, 6.45) is 2.16. The van der Waals surface area contributed by atoms with Gasteiger partial charge in [-0.25, -0.2) is 0 Å². The van der Waals surface area contributed by atoms with Crippen LogP contribution in [0.5, 0.6) is 0 Å². The van der Waals surface area contributed by atoms with Crippen LogP contribution in [-0.2, 0) is 19.1 Å². The van der Waals surface area contributed by atoms with Crippen molar-refractivity contribution in [1.29, 1.82) is 0 Å². The summed E-state index contributed by atoms with van der Waals surface area (Å²) in [6, 6.07) is 0. The van der Waals surface area contributed by atoms with Crippen molar-refractivity contribution in [3.8, 4) is 0 Å². The third-order valence-corrected chi connectivity index (χ3v) is 2.90. The lowest BCUT2D eigenvalue weighted by molar-refractivity contribution is -0.135. The number of hydrogen-bond donors (Lipinski definition) is 1. The molecule has 1 fully saturated rings. The molecule has 1 saturated heterocycles. The van der Waals surface area contributed by atoms with Crippen LogP contribution in [-0.4, -0.2) is 62.8 Å². The van der Waals surface area contributed by atoms with Gasteiger partial charge in [-0.05, 0) is 12.8 Å². The van der Waals surface area contributed by atoms with Gasteiger partial charge >= 0.3 is 0 Å². The van der Waals surface area contributed by atoms with Gasteiger partial charge in [-0.2, -0.15) is 0 Å². The number of amides is 2. The first-order valence-electron chi connectivity index (χ1n) is 6.26. The van der Waals surface area contributed by atoms with E-state index in [1.54, 1.807) is 7.11 Å². The Balaban J connectivity index is 2.24. The topological polar surface area (TPSA) is 67.9 Å². The van der Waals surface area contributed by atoms with E-state index in [9.17, 15) is 9.59 Å². The lowest BCUT2D eigenvalue weighted by Gasteiger charge is -2.20. The highest BCUT2D eigenvalue weighted by Crippen LogP contribution is 2.10. The summed E-state index contributed by atoms with van der Waals surface area (Å²) in [6.45, 7) is 3.68. The van der Waals surface area contributed by atoms with Crippen molar-refractivity contribution in [2.45, 2.75) is 25.9 Å². The van der Waals surface area contributed by atoms with Crippen LogP contribution >= 0.6 is 0 Å². The summed E-state index contributed by atoms with van der Waals surface area (Å²) in [5.41, 5.74) is 0. The largest absolute Gasteiger partial charge is 0.383 e. The Morgan fingerprint density at radius 2 is 2.28 bits per heavy atom. The summed E-state index contributed by atoms with van der Waals surface area (Å²) in [4.78, 5) is 24.5. The van der Waals surface area contributed by atoms with Gasteiger partial charge in [0.1, 0.15) is 0 Å². The Morgan fingerprint density at radius 3 is 2.83 bits per heavy atom. The molecule has 0 aromatic heterocycles. The van der Waals surface area contributed by atoms with Gasteiger partial charge in [0.05, 0.1) is 19.3 Å². The number of methoxy groups -OCH3 is 1. The van der Waals surface area contributed by atoms with Crippen LogP contribution in [0, 0.1) is 0 Å². The van der Waals surface area contributed by atoms with E-state index in [0.717, 1.165) is 19.4 Å². The number of nitrogens with zero attached hydrogens (tertiary/aromatic N) is 1. The number of rotatable bonds is 7.